The van der Waals surface area contributed by atoms with Crippen molar-refractivity contribution in [3.63, 3.8) is 0 Å². The van der Waals surface area contributed by atoms with Crippen molar-refractivity contribution in [3.05, 3.63) is 54.6 Å². The van der Waals surface area contributed by atoms with Crippen LogP contribution in [0.1, 0.15) is 0 Å². The van der Waals surface area contributed by atoms with E-state index in [2.05, 4.69) is 20.6 Å². The molecule has 2 aromatic carbocycles. The van der Waals surface area contributed by atoms with E-state index in [1.54, 1.807) is 44.0 Å². The molecule has 0 unspecified atom stereocenters. The molecule has 0 bridgehead atoms. The lowest BCUT2D eigenvalue weighted by atomic mass is 10.1. The number of thioether (sulfide) groups is 1. The number of rotatable bonds is 8. The molecule has 0 aliphatic heterocycles. The summed E-state index contributed by atoms with van der Waals surface area (Å²) in [6.07, 6.45) is 0. The molecule has 4 aromatic rings. The van der Waals surface area contributed by atoms with Crippen LogP contribution in [0.2, 0.25) is 0 Å². The standard InChI is InChI=1S/C22H21N5O4S/c1-29-16-7-4-14(5-8-16)17-9-11-20-24-25-22(27(20)26-17)32-13-21(28)23-15-6-10-18(30-2)19(12-15)31-3/h4-12H,13H2,1-3H3,(H,23,28). The second kappa shape index (κ2) is 9.56. The molecule has 10 heteroatoms. The summed E-state index contributed by atoms with van der Waals surface area (Å²) in [6, 6.07) is 16.5. The number of aromatic nitrogens is 4. The lowest BCUT2D eigenvalue weighted by Gasteiger charge is -2.10. The van der Waals surface area contributed by atoms with Crippen LogP contribution in [0.5, 0.6) is 17.2 Å². The summed E-state index contributed by atoms with van der Waals surface area (Å²) < 4.78 is 17.3. The molecule has 0 saturated heterocycles. The van der Waals surface area contributed by atoms with E-state index in [9.17, 15) is 4.79 Å². The minimum Gasteiger partial charge on any atom is -0.497 e. The number of nitrogens with one attached hydrogen (secondary N) is 1. The van der Waals surface area contributed by atoms with Gasteiger partial charge in [-0.1, -0.05) is 11.8 Å². The summed E-state index contributed by atoms with van der Waals surface area (Å²) in [6.45, 7) is 0. The van der Waals surface area contributed by atoms with Crippen molar-refractivity contribution in [2.24, 2.45) is 0 Å². The monoisotopic (exact) mass is 451 g/mol. The van der Waals surface area contributed by atoms with Crippen molar-refractivity contribution in [1.82, 2.24) is 19.8 Å². The summed E-state index contributed by atoms with van der Waals surface area (Å²) in [5, 5.41) is 16.3. The highest BCUT2D eigenvalue weighted by atomic mass is 32.2. The van der Waals surface area contributed by atoms with E-state index in [0.29, 0.717) is 28.0 Å². The summed E-state index contributed by atoms with van der Waals surface area (Å²) >= 11 is 1.25. The Balaban J connectivity index is 1.46. The number of nitrogens with zero attached hydrogens (tertiary/aromatic N) is 4. The highest BCUT2D eigenvalue weighted by Crippen LogP contribution is 2.30. The summed E-state index contributed by atoms with van der Waals surface area (Å²) in [5.74, 6) is 1.86. The number of ether oxygens (including phenoxy) is 3. The Morgan fingerprint density at radius 1 is 0.938 bits per heavy atom. The van der Waals surface area contributed by atoms with Gasteiger partial charge in [-0.05, 0) is 48.5 Å². The third-order valence-corrected chi connectivity index (χ3v) is 5.54. The molecular weight excluding hydrogens is 430 g/mol. The Bertz CT molecular complexity index is 1240. The molecule has 0 aliphatic rings. The van der Waals surface area contributed by atoms with Gasteiger partial charge in [0.15, 0.2) is 17.1 Å². The number of hydrogen-bond acceptors (Lipinski definition) is 8. The van der Waals surface area contributed by atoms with Crippen LogP contribution in [-0.4, -0.2) is 52.8 Å². The Morgan fingerprint density at radius 3 is 2.44 bits per heavy atom. The fourth-order valence-electron chi connectivity index (χ4n) is 3.02. The van der Waals surface area contributed by atoms with Crippen LogP contribution < -0.4 is 19.5 Å². The minimum atomic E-state index is -0.190. The fraction of sp³-hybridized carbons (Fsp3) is 0.182. The van der Waals surface area contributed by atoms with Gasteiger partial charge in [0.05, 0.1) is 32.8 Å². The van der Waals surface area contributed by atoms with E-state index in [0.717, 1.165) is 17.0 Å². The molecule has 1 amide bonds. The van der Waals surface area contributed by atoms with Crippen molar-refractivity contribution in [1.29, 1.82) is 0 Å². The van der Waals surface area contributed by atoms with E-state index >= 15 is 0 Å². The molecule has 164 valence electrons. The van der Waals surface area contributed by atoms with Gasteiger partial charge in [0, 0.05) is 17.3 Å². The van der Waals surface area contributed by atoms with E-state index in [1.165, 1.54) is 11.8 Å². The third kappa shape index (κ3) is 4.59. The van der Waals surface area contributed by atoms with Crippen molar-refractivity contribution in [3.8, 4) is 28.5 Å². The van der Waals surface area contributed by atoms with Crippen molar-refractivity contribution < 1.29 is 19.0 Å². The maximum atomic E-state index is 12.5. The minimum absolute atomic E-state index is 0.142. The maximum Gasteiger partial charge on any atom is 0.234 e. The highest BCUT2D eigenvalue weighted by Gasteiger charge is 2.13. The normalized spacial score (nSPS) is 10.7. The molecule has 0 fully saturated rings. The van der Waals surface area contributed by atoms with Crippen LogP contribution in [-0.2, 0) is 4.79 Å². The SMILES string of the molecule is COc1ccc(-c2ccc3nnc(SCC(=O)Nc4ccc(OC)c(OC)c4)n3n2)cc1. The molecule has 0 atom stereocenters. The Hall–Kier alpha value is -3.79. The number of anilines is 1. The zero-order valence-corrected chi connectivity index (χ0v) is 18.5. The van der Waals surface area contributed by atoms with Gasteiger partial charge in [-0.15, -0.1) is 10.2 Å². The second-order valence-electron chi connectivity index (χ2n) is 6.61. The Labute approximate surface area is 188 Å². The smallest absolute Gasteiger partial charge is 0.234 e. The van der Waals surface area contributed by atoms with E-state index in [-0.39, 0.29) is 11.7 Å². The summed E-state index contributed by atoms with van der Waals surface area (Å²) in [7, 11) is 4.73. The lowest BCUT2D eigenvalue weighted by molar-refractivity contribution is -0.113. The molecule has 9 nitrogen and oxygen atoms in total. The average Bonchev–Trinajstić information content (AvgIpc) is 3.25. The van der Waals surface area contributed by atoms with Gasteiger partial charge in [-0.25, -0.2) is 0 Å². The number of benzene rings is 2. The van der Waals surface area contributed by atoms with Gasteiger partial charge < -0.3 is 19.5 Å². The van der Waals surface area contributed by atoms with Gasteiger partial charge in [-0.2, -0.15) is 9.61 Å². The predicted octanol–water partition coefficient (Wildman–Crippen LogP) is 3.55. The van der Waals surface area contributed by atoms with Crippen LogP contribution >= 0.6 is 11.8 Å². The van der Waals surface area contributed by atoms with E-state index < -0.39 is 0 Å². The lowest BCUT2D eigenvalue weighted by Crippen LogP contribution is -2.14. The van der Waals surface area contributed by atoms with Crippen LogP contribution in [0.4, 0.5) is 5.69 Å². The topological polar surface area (TPSA) is 99.9 Å². The number of carbonyl (C=O) groups excluding carboxylic acids is 1. The van der Waals surface area contributed by atoms with Gasteiger partial charge in [0.2, 0.25) is 11.1 Å². The molecule has 0 radical (unpaired) electrons. The van der Waals surface area contributed by atoms with Crippen LogP contribution in [0.25, 0.3) is 16.9 Å². The third-order valence-electron chi connectivity index (χ3n) is 4.62. The molecule has 0 spiro atoms. The van der Waals surface area contributed by atoms with Crippen molar-refractivity contribution in [2.45, 2.75) is 5.16 Å². The number of amides is 1. The second-order valence-corrected chi connectivity index (χ2v) is 7.55. The number of hydrogen-bond donors (Lipinski definition) is 1. The van der Waals surface area contributed by atoms with Crippen LogP contribution in [0.3, 0.4) is 0 Å². The zero-order valence-electron chi connectivity index (χ0n) is 17.7. The van der Waals surface area contributed by atoms with Crippen molar-refractivity contribution >= 4 is 29.0 Å². The summed E-state index contributed by atoms with van der Waals surface area (Å²) in [5.41, 5.74) is 2.91. The predicted molar refractivity (Wildman–Crippen MR) is 122 cm³/mol. The summed E-state index contributed by atoms with van der Waals surface area (Å²) in [4.78, 5) is 12.5. The molecule has 2 heterocycles. The van der Waals surface area contributed by atoms with Gasteiger partial charge in [0.1, 0.15) is 5.75 Å². The van der Waals surface area contributed by atoms with Gasteiger partial charge in [-0.3, -0.25) is 4.79 Å². The first kappa shape index (κ1) is 21.4. The largest absolute Gasteiger partial charge is 0.497 e. The van der Waals surface area contributed by atoms with E-state index in [1.807, 2.05) is 36.4 Å². The molecule has 32 heavy (non-hydrogen) atoms. The first-order chi connectivity index (χ1) is 15.6. The first-order valence-corrected chi connectivity index (χ1v) is 10.6. The Morgan fingerprint density at radius 2 is 1.72 bits per heavy atom. The average molecular weight is 452 g/mol. The number of methoxy groups -OCH3 is 3. The van der Waals surface area contributed by atoms with Crippen LogP contribution in [0.15, 0.2) is 59.8 Å². The Kier molecular flexibility index (Phi) is 6.41. The quantitative estimate of drug-likeness (QED) is 0.406. The first-order valence-electron chi connectivity index (χ1n) is 9.63. The van der Waals surface area contributed by atoms with Gasteiger partial charge >= 0.3 is 0 Å². The molecular formula is C22H21N5O4S. The molecule has 0 saturated carbocycles. The molecule has 4 rings (SSSR count). The maximum absolute atomic E-state index is 12.5. The number of carbonyl (C=O) groups is 1. The van der Waals surface area contributed by atoms with Crippen molar-refractivity contribution in [2.75, 3.05) is 32.4 Å². The van der Waals surface area contributed by atoms with Crippen LogP contribution in [0, 0.1) is 0 Å². The van der Waals surface area contributed by atoms with E-state index in [4.69, 9.17) is 14.2 Å². The molecule has 0 aliphatic carbocycles. The highest BCUT2D eigenvalue weighted by molar-refractivity contribution is 7.99. The fourth-order valence-corrected chi connectivity index (χ4v) is 3.70. The molecule has 2 aromatic heterocycles. The molecule has 1 N–H and O–H groups in total. The van der Waals surface area contributed by atoms with Gasteiger partial charge in [0.25, 0.3) is 0 Å². The zero-order chi connectivity index (χ0) is 22.5. The number of fused-ring (bicyclic) bond motifs is 1.